The van der Waals surface area contributed by atoms with Crippen LogP contribution in [0, 0.1) is 5.92 Å². The third-order valence-corrected chi connectivity index (χ3v) is 15.2. The summed E-state index contributed by atoms with van der Waals surface area (Å²) in [6.07, 6.45) is 1.93. The average Bonchev–Trinajstić information content (AvgIpc) is 4.10. The van der Waals surface area contributed by atoms with Gasteiger partial charge in [0.15, 0.2) is 5.82 Å². The zero-order chi connectivity index (χ0) is 45.0. The molecule has 0 unspecified atom stereocenters. The van der Waals surface area contributed by atoms with Crippen molar-refractivity contribution >= 4 is 55.8 Å². The van der Waals surface area contributed by atoms with Crippen LogP contribution in [0.15, 0.2) is 65.1 Å². The third kappa shape index (κ3) is 8.48. The number of amides is 5. The molecule has 4 fully saturated rings. The minimum atomic E-state index is -4.57. The van der Waals surface area contributed by atoms with Gasteiger partial charge in [-0.05, 0) is 69.7 Å². The van der Waals surface area contributed by atoms with Crippen LogP contribution in [0.5, 0.6) is 5.88 Å². The number of aromatic nitrogens is 2. The van der Waals surface area contributed by atoms with Gasteiger partial charge in [0.05, 0.1) is 30.1 Å². The fraction of sp³-hybridized carbons (Fsp3) is 0.500. The van der Waals surface area contributed by atoms with E-state index in [1.54, 1.807) is 36.1 Å². The average molecular weight is 908 g/mol. The quantitative estimate of drug-likeness (QED) is 0.206. The number of para-hydroxylation sites is 1. The molecular formula is C44H48F3N7O9S. The van der Waals surface area contributed by atoms with Crippen LogP contribution < -0.4 is 20.1 Å². The molecule has 5 heterocycles. The predicted octanol–water partition coefficient (Wildman–Crippen LogP) is 5.21. The lowest BCUT2D eigenvalue weighted by Gasteiger charge is -2.32. The Morgan fingerprint density at radius 3 is 2.48 bits per heavy atom. The van der Waals surface area contributed by atoms with Crippen molar-refractivity contribution in [3.63, 3.8) is 0 Å². The zero-order valence-corrected chi connectivity index (χ0v) is 35.8. The van der Waals surface area contributed by atoms with Gasteiger partial charge in [-0.15, -0.1) is 0 Å². The highest BCUT2D eigenvalue weighted by molar-refractivity contribution is 7.91. The number of carbonyl (C=O) groups excluding carboxylic acids is 4. The van der Waals surface area contributed by atoms with Gasteiger partial charge >= 0.3 is 12.2 Å². The highest BCUT2D eigenvalue weighted by Gasteiger charge is 2.63. The first-order chi connectivity index (χ1) is 30.5. The number of morpholine rings is 1. The summed E-state index contributed by atoms with van der Waals surface area (Å²) < 4.78 is 86.3. The molecule has 340 valence electrons. The molecule has 4 aromatic rings. The van der Waals surface area contributed by atoms with E-state index in [9.17, 15) is 40.8 Å². The van der Waals surface area contributed by atoms with Crippen molar-refractivity contribution in [2.75, 3.05) is 32.8 Å². The fourth-order valence-electron chi connectivity index (χ4n) is 8.69. The fourth-order valence-corrected chi connectivity index (χ4v) is 10.0. The number of furan rings is 1. The first kappa shape index (κ1) is 43.5. The van der Waals surface area contributed by atoms with E-state index in [0.29, 0.717) is 74.9 Å². The van der Waals surface area contributed by atoms with Crippen LogP contribution in [0.1, 0.15) is 70.3 Å². The Bertz CT molecular complexity index is 2630. The second-order valence-corrected chi connectivity index (χ2v) is 19.7. The number of nitrogens with one attached hydrogen (secondary N) is 3. The van der Waals surface area contributed by atoms with Crippen molar-refractivity contribution in [1.29, 1.82) is 0 Å². The maximum atomic E-state index is 14.8. The van der Waals surface area contributed by atoms with Crippen LogP contribution in [0.2, 0.25) is 0 Å². The van der Waals surface area contributed by atoms with E-state index >= 15 is 0 Å². The minimum Gasteiger partial charge on any atom is -0.470 e. The van der Waals surface area contributed by atoms with E-state index < -0.39 is 79.9 Å². The van der Waals surface area contributed by atoms with E-state index in [1.165, 1.54) is 17.0 Å². The number of allylic oxidation sites excluding steroid dienone is 1. The summed E-state index contributed by atoms with van der Waals surface area (Å²) in [5.41, 5.74) is -1.34. The highest BCUT2D eigenvalue weighted by atomic mass is 32.2. The van der Waals surface area contributed by atoms with Gasteiger partial charge in [-0.1, -0.05) is 49.3 Å². The Morgan fingerprint density at radius 2 is 1.75 bits per heavy atom. The molecular weight excluding hydrogens is 860 g/mol. The Balaban J connectivity index is 1.06. The number of urea groups is 1. The van der Waals surface area contributed by atoms with Crippen LogP contribution in [0.3, 0.4) is 0 Å². The minimum absolute atomic E-state index is 0.0334. The van der Waals surface area contributed by atoms with Gasteiger partial charge in [0.1, 0.15) is 34.8 Å². The molecule has 0 radical (unpaired) electrons. The van der Waals surface area contributed by atoms with Gasteiger partial charge in [-0.2, -0.15) is 18.2 Å². The van der Waals surface area contributed by atoms with Crippen molar-refractivity contribution in [3.8, 4) is 17.3 Å². The largest absolute Gasteiger partial charge is 0.470 e. The second-order valence-electron chi connectivity index (χ2n) is 17.5. The van der Waals surface area contributed by atoms with E-state index in [4.69, 9.17) is 13.9 Å². The van der Waals surface area contributed by atoms with Crippen LogP contribution in [0.4, 0.5) is 18.0 Å². The van der Waals surface area contributed by atoms with Crippen molar-refractivity contribution in [2.45, 2.75) is 99.4 Å². The zero-order valence-electron chi connectivity index (χ0n) is 35.0. The normalized spacial score (nSPS) is 26.3. The van der Waals surface area contributed by atoms with Gasteiger partial charge < -0.3 is 34.3 Å². The summed E-state index contributed by atoms with van der Waals surface area (Å²) in [6.45, 7) is 2.70. The van der Waals surface area contributed by atoms with Gasteiger partial charge in [0, 0.05) is 36.4 Å². The molecule has 2 aromatic heterocycles. The number of ether oxygens (including phenoxy) is 2. The number of benzene rings is 2. The summed E-state index contributed by atoms with van der Waals surface area (Å²) >= 11 is 0. The standard InChI is InChI=1S/C44H48F3N7O9S/c1-42(17-18-42)64(59,60)52-40(57)43-24-28(43)9-5-3-2-4-6-11-31(48-41(58)53-19-21-61-22-20-53)39(56)54-25-29(23-32(54)37(55)51-43)62-38-35-34(30-10-7-8-12-33(30)63-35)49-36(50-38)26-13-15-27(16-14-26)44(45,46)47/h5,7-10,12-16,28-29,31-32H,2-4,6,11,17-25H2,1H3,(H,48,58)(H,51,55)(H,52,57)/t28-,29-,31+,32+,43-/m1/s1. The number of halogens is 3. The molecule has 5 atom stereocenters. The summed E-state index contributed by atoms with van der Waals surface area (Å²) in [5, 5.41) is 6.35. The molecule has 3 aliphatic heterocycles. The molecule has 0 bridgehead atoms. The smallest absolute Gasteiger partial charge is 0.416 e. The number of alkyl halides is 3. The lowest BCUT2D eigenvalue weighted by molar-refractivity contribution is -0.141. The van der Waals surface area contributed by atoms with E-state index in [1.807, 2.05) is 12.2 Å². The maximum Gasteiger partial charge on any atom is 0.416 e. The molecule has 2 saturated heterocycles. The first-order valence-corrected chi connectivity index (χ1v) is 23.1. The number of fused-ring (bicyclic) bond motifs is 5. The molecule has 3 N–H and O–H groups in total. The molecule has 2 aromatic carbocycles. The molecule has 0 spiro atoms. The monoisotopic (exact) mass is 907 g/mol. The Morgan fingerprint density at radius 1 is 1.00 bits per heavy atom. The first-order valence-electron chi connectivity index (χ1n) is 21.6. The molecule has 5 amide bonds. The van der Waals surface area contributed by atoms with E-state index in [0.717, 1.165) is 18.6 Å². The van der Waals surface area contributed by atoms with Crippen molar-refractivity contribution in [2.24, 2.45) is 5.92 Å². The molecule has 20 heteroatoms. The van der Waals surface area contributed by atoms with E-state index in [2.05, 4.69) is 25.3 Å². The number of hydrogen-bond acceptors (Lipinski definition) is 11. The van der Waals surface area contributed by atoms with Crippen molar-refractivity contribution in [3.05, 3.63) is 66.2 Å². The predicted molar refractivity (Wildman–Crippen MR) is 225 cm³/mol. The molecule has 64 heavy (non-hydrogen) atoms. The lowest BCUT2D eigenvalue weighted by atomic mass is 10.0. The van der Waals surface area contributed by atoms with Gasteiger partial charge in [0.25, 0.3) is 11.8 Å². The number of hydrogen-bond donors (Lipinski definition) is 3. The van der Waals surface area contributed by atoms with Crippen LogP contribution in [-0.4, -0.2) is 113 Å². The molecule has 2 aliphatic carbocycles. The van der Waals surface area contributed by atoms with Gasteiger partial charge in [-0.3, -0.25) is 19.1 Å². The SMILES string of the molecule is CC1(S(=O)(=O)NC(=O)[C@@]23C[C@H]2C=CCCCCC[C@H](NC(=O)N2CCOCC2)C(=O)N2C[C@H](Oc4nc(-c5ccc(C(F)(F)F)cc5)nc5c4oc4ccccc45)C[C@H]2C(=O)N3)CC1. The topological polar surface area (TPSA) is 202 Å². The van der Waals surface area contributed by atoms with Crippen LogP contribution in [0.25, 0.3) is 33.5 Å². The number of rotatable bonds is 7. The van der Waals surface area contributed by atoms with Gasteiger partial charge in [-0.25, -0.2) is 18.2 Å². The summed E-state index contributed by atoms with van der Waals surface area (Å²) in [4.78, 5) is 69.3. The molecule has 16 nitrogen and oxygen atoms in total. The maximum absolute atomic E-state index is 14.8. The Hall–Kier alpha value is -5.76. The number of sulfonamides is 1. The van der Waals surface area contributed by atoms with Crippen LogP contribution in [-0.2, 0) is 35.3 Å². The molecule has 9 rings (SSSR count). The Labute approximate surface area is 366 Å². The third-order valence-electron chi connectivity index (χ3n) is 13.0. The molecule has 5 aliphatic rings. The van der Waals surface area contributed by atoms with Crippen molar-refractivity contribution < 1.29 is 54.7 Å². The van der Waals surface area contributed by atoms with Crippen LogP contribution >= 0.6 is 0 Å². The summed E-state index contributed by atoms with van der Waals surface area (Å²) in [7, 11) is -4.07. The highest BCUT2D eigenvalue weighted by Crippen LogP contribution is 2.48. The van der Waals surface area contributed by atoms with Crippen molar-refractivity contribution in [1.82, 2.24) is 35.1 Å². The number of nitrogens with zero attached hydrogens (tertiary/aromatic N) is 4. The summed E-state index contributed by atoms with van der Waals surface area (Å²) in [6, 6.07) is 8.57. The summed E-state index contributed by atoms with van der Waals surface area (Å²) in [5.74, 6) is -2.72. The second kappa shape index (κ2) is 16.7. The van der Waals surface area contributed by atoms with Gasteiger partial charge in [0.2, 0.25) is 27.4 Å². The number of carbonyl (C=O) groups is 4. The van der Waals surface area contributed by atoms with E-state index in [-0.39, 0.29) is 48.7 Å². The Kier molecular flexibility index (Phi) is 11.3. The lowest BCUT2D eigenvalue weighted by Crippen LogP contribution is -2.59. The molecule has 2 saturated carbocycles.